The van der Waals surface area contributed by atoms with Crippen molar-refractivity contribution in [3.8, 4) is 5.75 Å². The van der Waals surface area contributed by atoms with Crippen LogP contribution in [0.3, 0.4) is 0 Å². The Labute approximate surface area is 97.6 Å². The Morgan fingerprint density at radius 3 is 2.44 bits per heavy atom. The van der Waals surface area contributed by atoms with Crippen LogP contribution in [0.4, 0.5) is 0 Å². The molecule has 0 aromatic heterocycles. The van der Waals surface area contributed by atoms with Crippen LogP contribution in [-0.4, -0.2) is 12.4 Å². The van der Waals surface area contributed by atoms with Crippen LogP contribution >= 0.6 is 0 Å². The predicted octanol–water partition coefficient (Wildman–Crippen LogP) is 3.22. The van der Waals surface area contributed by atoms with Crippen LogP contribution in [0.2, 0.25) is 0 Å². The Hall–Kier alpha value is -1.31. The van der Waals surface area contributed by atoms with E-state index in [9.17, 15) is 4.79 Å². The molecule has 1 aromatic carbocycles. The number of carbonyl (C=O) groups excluding carboxylic acids is 1. The normalized spacial score (nSPS) is 10.6. The Morgan fingerprint density at radius 2 is 1.88 bits per heavy atom. The molecule has 0 fully saturated rings. The molecule has 0 atom stereocenters. The molecule has 0 amide bonds. The number of Topliss-reactive ketones (excluding diaryl/α,β-unsaturated/α-hetero) is 1. The van der Waals surface area contributed by atoms with Crippen LogP contribution in [0.5, 0.6) is 5.75 Å². The van der Waals surface area contributed by atoms with Gasteiger partial charge in [-0.25, -0.2) is 0 Å². The smallest absolute Gasteiger partial charge is 0.172 e. The largest absolute Gasteiger partial charge is 0.486 e. The Bertz CT molecular complexity index is 392. The van der Waals surface area contributed by atoms with Crippen LogP contribution < -0.4 is 4.74 Å². The van der Waals surface area contributed by atoms with Crippen LogP contribution in [0, 0.1) is 26.7 Å². The van der Waals surface area contributed by atoms with Gasteiger partial charge in [-0.05, 0) is 43.5 Å². The summed E-state index contributed by atoms with van der Waals surface area (Å²) in [5.74, 6) is 0.997. The number of hydrogen-bond donors (Lipinski definition) is 0. The first-order valence-corrected chi connectivity index (χ1v) is 5.65. The van der Waals surface area contributed by atoms with E-state index in [1.165, 1.54) is 5.56 Å². The summed E-state index contributed by atoms with van der Waals surface area (Å²) in [6, 6.07) is 4.10. The highest BCUT2D eigenvalue weighted by Gasteiger charge is 2.10. The number of aryl methyl sites for hydroxylation is 2. The molecular formula is C14H20O2. The summed E-state index contributed by atoms with van der Waals surface area (Å²) in [5, 5.41) is 0. The van der Waals surface area contributed by atoms with Gasteiger partial charge in [0.1, 0.15) is 12.4 Å². The van der Waals surface area contributed by atoms with Gasteiger partial charge in [-0.2, -0.15) is 0 Å². The summed E-state index contributed by atoms with van der Waals surface area (Å²) in [4.78, 5) is 11.5. The standard InChI is InChI=1S/C14H20O2/c1-9(2)13(15)8-16-14-7-10(3)6-11(4)12(14)5/h6-7,9H,8H2,1-5H3. The van der Waals surface area contributed by atoms with E-state index in [-0.39, 0.29) is 18.3 Å². The second-order valence-electron chi connectivity index (χ2n) is 4.61. The highest BCUT2D eigenvalue weighted by molar-refractivity contribution is 5.81. The molecular weight excluding hydrogens is 200 g/mol. The fourth-order valence-corrected chi connectivity index (χ4v) is 1.47. The molecule has 0 unspecified atom stereocenters. The molecule has 0 N–H and O–H groups in total. The molecule has 16 heavy (non-hydrogen) atoms. The molecule has 2 nitrogen and oxygen atoms in total. The summed E-state index contributed by atoms with van der Waals surface area (Å²) < 4.78 is 5.57. The third kappa shape index (κ3) is 3.09. The lowest BCUT2D eigenvalue weighted by Gasteiger charge is -2.12. The number of rotatable bonds is 4. The van der Waals surface area contributed by atoms with Crippen molar-refractivity contribution in [2.45, 2.75) is 34.6 Å². The number of carbonyl (C=O) groups is 1. The SMILES string of the molecule is Cc1cc(C)c(C)c(OCC(=O)C(C)C)c1. The molecule has 0 bridgehead atoms. The van der Waals surface area contributed by atoms with Gasteiger partial charge in [0.15, 0.2) is 5.78 Å². The molecule has 0 saturated heterocycles. The third-order valence-electron chi connectivity index (χ3n) is 2.78. The average molecular weight is 220 g/mol. The number of benzene rings is 1. The Kier molecular flexibility index (Phi) is 4.11. The molecule has 0 aliphatic heterocycles. The minimum absolute atomic E-state index is 0.0335. The first kappa shape index (κ1) is 12.8. The van der Waals surface area contributed by atoms with E-state index >= 15 is 0 Å². The van der Waals surface area contributed by atoms with Gasteiger partial charge in [0.2, 0.25) is 0 Å². The summed E-state index contributed by atoms with van der Waals surface area (Å²) in [6.45, 7) is 10.1. The highest BCUT2D eigenvalue weighted by Crippen LogP contribution is 2.23. The monoisotopic (exact) mass is 220 g/mol. The zero-order valence-corrected chi connectivity index (χ0v) is 10.8. The van der Waals surface area contributed by atoms with Crippen LogP contribution in [0.25, 0.3) is 0 Å². The van der Waals surface area contributed by atoms with Gasteiger partial charge < -0.3 is 4.74 Å². The van der Waals surface area contributed by atoms with Crippen molar-refractivity contribution in [3.63, 3.8) is 0 Å². The van der Waals surface area contributed by atoms with Crippen LogP contribution in [-0.2, 0) is 4.79 Å². The van der Waals surface area contributed by atoms with E-state index < -0.39 is 0 Å². The maximum atomic E-state index is 11.5. The molecule has 0 aliphatic rings. The second-order valence-corrected chi connectivity index (χ2v) is 4.61. The minimum atomic E-state index is 0.0335. The van der Waals surface area contributed by atoms with Crippen LogP contribution in [0.1, 0.15) is 30.5 Å². The quantitative estimate of drug-likeness (QED) is 0.778. The molecule has 1 rings (SSSR count). The molecule has 0 heterocycles. The zero-order valence-electron chi connectivity index (χ0n) is 10.8. The van der Waals surface area contributed by atoms with E-state index in [0.717, 1.165) is 16.9 Å². The summed E-state index contributed by atoms with van der Waals surface area (Å²) in [7, 11) is 0. The number of ether oxygens (including phenoxy) is 1. The van der Waals surface area contributed by atoms with Crippen molar-refractivity contribution in [2.75, 3.05) is 6.61 Å². The van der Waals surface area contributed by atoms with Crippen molar-refractivity contribution in [3.05, 3.63) is 28.8 Å². The van der Waals surface area contributed by atoms with E-state index in [0.29, 0.717) is 0 Å². The first-order valence-electron chi connectivity index (χ1n) is 5.65. The predicted molar refractivity (Wildman–Crippen MR) is 66.0 cm³/mol. The highest BCUT2D eigenvalue weighted by atomic mass is 16.5. The summed E-state index contributed by atoms with van der Waals surface area (Å²) in [5.41, 5.74) is 3.48. The minimum Gasteiger partial charge on any atom is -0.486 e. The van der Waals surface area contributed by atoms with Gasteiger partial charge in [0.25, 0.3) is 0 Å². The van der Waals surface area contributed by atoms with E-state index in [1.54, 1.807) is 0 Å². The van der Waals surface area contributed by atoms with E-state index in [4.69, 9.17) is 4.74 Å². The molecule has 88 valence electrons. The van der Waals surface area contributed by atoms with E-state index in [2.05, 4.69) is 13.0 Å². The number of hydrogen-bond acceptors (Lipinski definition) is 2. The maximum Gasteiger partial charge on any atom is 0.172 e. The molecule has 0 spiro atoms. The molecule has 0 aliphatic carbocycles. The third-order valence-corrected chi connectivity index (χ3v) is 2.78. The van der Waals surface area contributed by atoms with Crippen LogP contribution in [0.15, 0.2) is 12.1 Å². The van der Waals surface area contributed by atoms with Gasteiger partial charge in [0, 0.05) is 5.92 Å². The first-order chi connectivity index (χ1) is 7.41. The molecule has 1 aromatic rings. The number of ketones is 1. The Morgan fingerprint density at radius 1 is 1.25 bits per heavy atom. The lowest BCUT2D eigenvalue weighted by molar-refractivity contribution is -0.123. The molecule has 0 saturated carbocycles. The lowest BCUT2D eigenvalue weighted by Crippen LogP contribution is -2.17. The van der Waals surface area contributed by atoms with Crippen molar-refractivity contribution < 1.29 is 9.53 Å². The topological polar surface area (TPSA) is 26.3 Å². The van der Waals surface area contributed by atoms with Crippen molar-refractivity contribution in [1.29, 1.82) is 0 Å². The molecule has 2 heteroatoms. The lowest BCUT2D eigenvalue weighted by atomic mass is 10.1. The van der Waals surface area contributed by atoms with Gasteiger partial charge in [0.05, 0.1) is 0 Å². The van der Waals surface area contributed by atoms with Gasteiger partial charge >= 0.3 is 0 Å². The van der Waals surface area contributed by atoms with Gasteiger partial charge in [-0.1, -0.05) is 19.9 Å². The summed E-state index contributed by atoms with van der Waals surface area (Å²) >= 11 is 0. The fraction of sp³-hybridized carbons (Fsp3) is 0.500. The molecule has 0 radical (unpaired) electrons. The zero-order chi connectivity index (χ0) is 12.3. The average Bonchev–Trinajstić information content (AvgIpc) is 2.20. The van der Waals surface area contributed by atoms with E-state index in [1.807, 2.05) is 33.8 Å². The van der Waals surface area contributed by atoms with Gasteiger partial charge in [-0.3, -0.25) is 4.79 Å². The van der Waals surface area contributed by atoms with Crippen molar-refractivity contribution in [1.82, 2.24) is 0 Å². The maximum absolute atomic E-state index is 11.5. The fourth-order valence-electron chi connectivity index (χ4n) is 1.47. The van der Waals surface area contributed by atoms with Gasteiger partial charge in [-0.15, -0.1) is 0 Å². The second kappa shape index (κ2) is 5.15. The van der Waals surface area contributed by atoms with Crippen molar-refractivity contribution in [2.24, 2.45) is 5.92 Å². The summed E-state index contributed by atoms with van der Waals surface area (Å²) in [6.07, 6.45) is 0. The Balaban J connectivity index is 2.78. The van der Waals surface area contributed by atoms with Crippen molar-refractivity contribution >= 4 is 5.78 Å².